The molecule has 0 aliphatic heterocycles. The molecule has 0 amide bonds. The molecular formula is C35H31FO8. The van der Waals surface area contributed by atoms with Crippen molar-refractivity contribution < 1.29 is 43.3 Å². The molecule has 0 fully saturated rings. The molecule has 0 aromatic heterocycles. The number of hydrogen-bond acceptors (Lipinski definition) is 8. The molecule has 2 N–H and O–H groups in total. The van der Waals surface area contributed by atoms with Crippen molar-refractivity contribution in [3.8, 4) is 17.2 Å². The molecule has 4 rings (SSSR count). The molecule has 0 spiro atoms. The number of ether oxygens (including phenoxy) is 2. The fourth-order valence-corrected chi connectivity index (χ4v) is 4.62. The first-order valence-electron chi connectivity index (χ1n) is 14.2. The van der Waals surface area contributed by atoms with Gasteiger partial charge in [-0.2, -0.15) is 0 Å². The first kappa shape index (κ1) is 31.6. The van der Waals surface area contributed by atoms with Gasteiger partial charge in [0, 0.05) is 11.1 Å². The van der Waals surface area contributed by atoms with E-state index >= 15 is 0 Å². The number of halogens is 1. The zero-order chi connectivity index (χ0) is 31.6. The fourth-order valence-electron chi connectivity index (χ4n) is 4.62. The van der Waals surface area contributed by atoms with E-state index in [0.717, 1.165) is 37.8 Å². The molecule has 0 heterocycles. The van der Waals surface area contributed by atoms with Gasteiger partial charge in [0.05, 0.1) is 28.9 Å². The third-order valence-electron chi connectivity index (χ3n) is 6.87. The molecular weight excluding hydrogens is 567 g/mol. The monoisotopic (exact) mass is 598 g/mol. The zero-order valence-electron chi connectivity index (χ0n) is 24.0. The minimum absolute atomic E-state index is 0.0222. The lowest BCUT2D eigenvalue weighted by molar-refractivity contribution is 0.0489. The zero-order valence-corrected chi connectivity index (χ0v) is 24.0. The van der Waals surface area contributed by atoms with Gasteiger partial charge >= 0.3 is 11.9 Å². The summed E-state index contributed by atoms with van der Waals surface area (Å²) in [4.78, 5) is 54.6. The summed E-state index contributed by atoms with van der Waals surface area (Å²) in [5.41, 5.74) is -2.44. The van der Waals surface area contributed by atoms with Crippen molar-refractivity contribution in [2.24, 2.45) is 0 Å². The Hall–Kier alpha value is -5.31. The van der Waals surface area contributed by atoms with Gasteiger partial charge < -0.3 is 19.7 Å². The van der Waals surface area contributed by atoms with Crippen molar-refractivity contribution in [3.05, 3.63) is 124 Å². The molecule has 8 nitrogen and oxygen atoms in total. The van der Waals surface area contributed by atoms with E-state index < -0.39 is 63.3 Å². The second-order valence-electron chi connectivity index (χ2n) is 9.99. The standard InChI is InChI=1S/C35H31FO8/c1-2-3-4-5-12-20-43-35(42)26-27(29(37)22-14-8-6-9-15-22)31(39)32(40)33(44-34(41)23-16-10-7-11-17-23)28(26)30(38)24-18-13-19-25(36)21-24/h6-11,13-19,21,39-40H,2-5,12,20H2,1H3. The second-order valence-corrected chi connectivity index (χ2v) is 9.99. The first-order chi connectivity index (χ1) is 21.2. The Labute approximate surface area is 253 Å². The van der Waals surface area contributed by atoms with Crippen LogP contribution >= 0.6 is 0 Å². The topological polar surface area (TPSA) is 127 Å². The largest absolute Gasteiger partial charge is 0.504 e. The van der Waals surface area contributed by atoms with Crippen LogP contribution < -0.4 is 4.74 Å². The van der Waals surface area contributed by atoms with Crippen LogP contribution in [0.1, 0.15) is 91.6 Å². The minimum atomic E-state index is -1.17. The lowest BCUT2D eigenvalue weighted by Gasteiger charge is -2.20. The molecule has 226 valence electrons. The summed E-state index contributed by atoms with van der Waals surface area (Å²) in [5, 5.41) is 22.3. The highest BCUT2D eigenvalue weighted by atomic mass is 19.1. The number of esters is 2. The fraction of sp³-hybridized carbons (Fsp3) is 0.200. The number of phenols is 2. The van der Waals surface area contributed by atoms with Crippen LogP contribution in [-0.4, -0.2) is 40.3 Å². The van der Waals surface area contributed by atoms with E-state index in [1.807, 2.05) is 0 Å². The molecule has 0 saturated heterocycles. The molecule has 0 bridgehead atoms. The van der Waals surface area contributed by atoms with E-state index in [0.29, 0.717) is 6.42 Å². The highest BCUT2D eigenvalue weighted by Crippen LogP contribution is 2.46. The van der Waals surface area contributed by atoms with Crippen LogP contribution in [0.15, 0.2) is 84.9 Å². The average molecular weight is 599 g/mol. The van der Waals surface area contributed by atoms with Gasteiger partial charge in [-0.05, 0) is 30.7 Å². The maximum Gasteiger partial charge on any atom is 0.343 e. The number of phenolic OH excluding ortho intramolecular Hbond substituents is 2. The Bertz CT molecular complexity index is 1670. The van der Waals surface area contributed by atoms with Gasteiger partial charge in [-0.1, -0.05) is 93.3 Å². The van der Waals surface area contributed by atoms with Gasteiger partial charge in [-0.25, -0.2) is 14.0 Å². The molecule has 0 radical (unpaired) electrons. The Morgan fingerprint density at radius 3 is 1.86 bits per heavy atom. The summed E-state index contributed by atoms with van der Waals surface area (Å²) >= 11 is 0. The van der Waals surface area contributed by atoms with Gasteiger partial charge in [-0.15, -0.1) is 0 Å². The van der Waals surface area contributed by atoms with Crippen molar-refractivity contribution in [1.29, 1.82) is 0 Å². The number of rotatable bonds is 13. The number of unbranched alkanes of at least 4 members (excludes halogenated alkanes) is 4. The Morgan fingerprint density at radius 2 is 1.23 bits per heavy atom. The average Bonchev–Trinajstić information content (AvgIpc) is 3.04. The number of carbonyl (C=O) groups is 4. The van der Waals surface area contributed by atoms with Crippen LogP contribution in [0.2, 0.25) is 0 Å². The maximum absolute atomic E-state index is 14.2. The lowest BCUT2D eigenvalue weighted by Crippen LogP contribution is -2.22. The number of aromatic hydroxyl groups is 2. The van der Waals surface area contributed by atoms with Gasteiger partial charge in [0.15, 0.2) is 23.1 Å². The summed E-state index contributed by atoms with van der Waals surface area (Å²) in [5.74, 6) is -8.08. The maximum atomic E-state index is 14.2. The van der Waals surface area contributed by atoms with E-state index in [-0.39, 0.29) is 23.3 Å². The highest BCUT2D eigenvalue weighted by Gasteiger charge is 2.37. The molecule has 0 saturated carbocycles. The van der Waals surface area contributed by atoms with Crippen molar-refractivity contribution in [3.63, 3.8) is 0 Å². The molecule has 0 atom stereocenters. The van der Waals surface area contributed by atoms with Crippen LogP contribution in [0.25, 0.3) is 0 Å². The van der Waals surface area contributed by atoms with Crippen molar-refractivity contribution in [2.75, 3.05) is 6.61 Å². The predicted molar refractivity (Wildman–Crippen MR) is 160 cm³/mol. The molecule has 4 aromatic carbocycles. The third kappa shape index (κ3) is 7.18. The summed E-state index contributed by atoms with van der Waals surface area (Å²) < 4.78 is 25.1. The Kier molecular flexibility index (Phi) is 10.6. The van der Waals surface area contributed by atoms with Crippen LogP contribution in [0.4, 0.5) is 4.39 Å². The van der Waals surface area contributed by atoms with Crippen LogP contribution in [-0.2, 0) is 4.74 Å². The van der Waals surface area contributed by atoms with E-state index in [1.54, 1.807) is 36.4 Å². The number of benzene rings is 4. The van der Waals surface area contributed by atoms with Crippen molar-refractivity contribution in [2.45, 2.75) is 39.0 Å². The number of ketones is 2. The third-order valence-corrected chi connectivity index (χ3v) is 6.87. The lowest BCUT2D eigenvalue weighted by atomic mass is 9.88. The minimum Gasteiger partial charge on any atom is -0.504 e. The van der Waals surface area contributed by atoms with Crippen molar-refractivity contribution in [1.82, 2.24) is 0 Å². The van der Waals surface area contributed by atoms with Gasteiger partial charge in [-0.3, -0.25) is 9.59 Å². The molecule has 0 unspecified atom stereocenters. The van der Waals surface area contributed by atoms with Crippen molar-refractivity contribution >= 4 is 23.5 Å². The first-order valence-corrected chi connectivity index (χ1v) is 14.2. The predicted octanol–water partition coefficient (Wildman–Crippen LogP) is 7.05. The number of carbonyl (C=O) groups excluding carboxylic acids is 4. The molecule has 0 aliphatic carbocycles. The SMILES string of the molecule is CCCCCCCOC(=O)c1c(C(=O)c2ccccc2)c(O)c(O)c(OC(=O)c2ccccc2)c1C(=O)c1cccc(F)c1. The van der Waals surface area contributed by atoms with Crippen LogP contribution in [0.5, 0.6) is 17.2 Å². The normalized spacial score (nSPS) is 10.7. The smallest absolute Gasteiger partial charge is 0.343 e. The van der Waals surface area contributed by atoms with E-state index in [9.17, 15) is 33.8 Å². The summed E-state index contributed by atoms with van der Waals surface area (Å²) in [6.07, 6.45) is 4.16. The summed E-state index contributed by atoms with van der Waals surface area (Å²) in [7, 11) is 0. The Balaban J connectivity index is 1.94. The number of hydrogen-bond donors (Lipinski definition) is 2. The van der Waals surface area contributed by atoms with Gasteiger partial charge in [0.1, 0.15) is 5.82 Å². The highest BCUT2D eigenvalue weighted by molar-refractivity contribution is 6.24. The van der Waals surface area contributed by atoms with Crippen LogP contribution in [0.3, 0.4) is 0 Å². The van der Waals surface area contributed by atoms with Crippen LogP contribution in [0, 0.1) is 5.82 Å². The molecule has 44 heavy (non-hydrogen) atoms. The van der Waals surface area contributed by atoms with E-state index in [4.69, 9.17) is 9.47 Å². The van der Waals surface area contributed by atoms with Gasteiger partial charge in [0.2, 0.25) is 5.75 Å². The summed E-state index contributed by atoms with van der Waals surface area (Å²) in [6, 6.07) is 19.6. The Morgan fingerprint density at radius 1 is 0.636 bits per heavy atom. The van der Waals surface area contributed by atoms with Gasteiger partial charge in [0.25, 0.3) is 0 Å². The van der Waals surface area contributed by atoms with E-state index in [1.165, 1.54) is 36.4 Å². The second kappa shape index (κ2) is 14.7. The quantitative estimate of drug-likeness (QED) is 0.0551. The molecule has 9 heteroatoms. The van der Waals surface area contributed by atoms with E-state index in [2.05, 4.69) is 6.92 Å². The molecule has 0 aliphatic rings. The summed E-state index contributed by atoms with van der Waals surface area (Å²) in [6.45, 7) is 1.98. The molecule has 4 aromatic rings.